The van der Waals surface area contributed by atoms with Crippen LogP contribution in [-0.4, -0.2) is 67.2 Å². The second kappa shape index (κ2) is 12.5. The number of aromatic nitrogens is 2. The summed E-state index contributed by atoms with van der Waals surface area (Å²) in [5.41, 5.74) is 3.73. The number of carbonyl (C=O) groups is 1. The summed E-state index contributed by atoms with van der Waals surface area (Å²) in [4.78, 5) is 30.7. The summed E-state index contributed by atoms with van der Waals surface area (Å²) in [6, 6.07) is 11.0. The zero-order valence-electron chi connectivity index (χ0n) is 22.8. The molecule has 0 spiro atoms. The number of likely N-dealkylation sites (N-methyl/N-ethyl adjacent to an activating group) is 1. The fraction of sp³-hybridized carbons (Fsp3) is 0.321. The van der Waals surface area contributed by atoms with E-state index >= 15 is 0 Å². The van der Waals surface area contributed by atoms with Crippen LogP contribution < -0.4 is 29.9 Å². The first-order valence-corrected chi connectivity index (χ1v) is 14.2. The highest BCUT2D eigenvalue weighted by atomic mass is 35.5. The first-order valence-electron chi connectivity index (χ1n) is 13.0. The number of hydrogen-bond acceptors (Lipinski definition) is 8. The molecule has 3 aromatic rings. The van der Waals surface area contributed by atoms with E-state index in [4.69, 9.17) is 49.9 Å². The minimum Gasteiger partial charge on any atom is -0.480 e. The first-order chi connectivity index (χ1) is 19.8. The number of nitrogens with zero attached hydrogens (tertiary/aromatic N) is 5. The second-order valence-electron chi connectivity index (χ2n) is 9.53. The van der Waals surface area contributed by atoms with Gasteiger partial charge in [-0.3, -0.25) is 4.79 Å². The van der Waals surface area contributed by atoms with Crippen LogP contribution in [0.5, 0.6) is 11.9 Å². The molecule has 0 aliphatic carbocycles. The Balaban J connectivity index is 1.45. The van der Waals surface area contributed by atoms with Gasteiger partial charge in [-0.15, -0.1) is 0 Å². The molecule has 1 atom stereocenters. The quantitative estimate of drug-likeness (QED) is 0.375. The van der Waals surface area contributed by atoms with E-state index in [-0.39, 0.29) is 22.9 Å². The number of carbonyl (C=O) groups excluding carboxylic acids is 1. The highest BCUT2D eigenvalue weighted by Crippen LogP contribution is 2.33. The van der Waals surface area contributed by atoms with Crippen molar-refractivity contribution in [3.8, 4) is 11.9 Å². The maximum atomic E-state index is 13.6. The molecule has 1 saturated heterocycles. The van der Waals surface area contributed by atoms with Crippen molar-refractivity contribution in [3.63, 3.8) is 0 Å². The summed E-state index contributed by atoms with van der Waals surface area (Å²) in [6.07, 6.45) is 3.99. The van der Waals surface area contributed by atoms with Crippen LogP contribution >= 0.6 is 35.4 Å². The van der Waals surface area contributed by atoms with Gasteiger partial charge in [-0.05, 0) is 67.9 Å². The molecule has 2 aliphatic heterocycles. The molecule has 41 heavy (non-hydrogen) atoms. The van der Waals surface area contributed by atoms with Crippen LogP contribution in [0.4, 0.5) is 17.1 Å². The molecule has 3 heterocycles. The molecular formula is C28H29Cl2N7O3S. The molecule has 10 nitrogen and oxygen atoms in total. The summed E-state index contributed by atoms with van der Waals surface area (Å²) in [5, 5.41) is 7.47. The number of amides is 1. The fourth-order valence-electron chi connectivity index (χ4n) is 4.89. The van der Waals surface area contributed by atoms with Gasteiger partial charge in [0.05, 0.1) is 41.9 Å². The Hall–Kier alpha value is -3.67. The van der Waals surface area contributed by atoms with E-state index in [2.05, 4.69) is 25.5 Å². The van der Waals surface area contributed by atoms with E-state index < -0.39 is 6.17 Å². The Labute approximate surface area is 253 Å². The van der Waals surface area contributed by atoms with Crippen LogP contribution in [0.1, 0.15) is 30.4 Å². The molecule has 1 unspecified atom stereocenters. The van der Waals surface area contributed by atoms with Crippen molar-refractivity contribution >= 4 is 69.2 Å². The van der Waals surface area contributed by atoms with Crippen molar-refractivity contribution in [2.45, 2.75) is 25.4 Å². The summed E-state index contributed by atoms with van der Waals surface area (Å²) < 4.78 is 10.7. The normalized spacial score (nSPS) is 16.9. The molecule has 0 bridgehead atoms. The number of anilines is 3. The third-order valence-corrected chi connectivity index (χ3v) is 7.69. The number of piperidine rings is 1. The molecule has 5 rings (SSSR count). The van der Waals surface area contributed by atoms with E-state index in [9.17, 15) is 4.79 Å². The molecular weight excluding hydrogens is 585 g/mol. The Kier molecular flexibility index (Phi) is 8.77. The zero-order valence-corrected chi connectivity index (χ0v) is 25.1. The summed E-state index contributed by atoms with van der Waals surface area (Å²) in [5.74, 6) is -0.110. The molecule has 0 radical (unpaired) electrons. The minimum absolute atomic E-state index is 0.129. The smallest absolute Gasteiger partial charge is 0.319 e. The lowest BCUT2D eigenvalue weighted by atomic mass is 10.0. The topological polar surface area (TPSA) is 104 Å². The third-order valence-electron chi connectivity index (χ3n) is 6.93. The van der Waals surface area contributed by atoms with E-state index in [0.717, 1.165) is 31.6 Å². The van der Waals surface area contributed by atoms with Gasteiger partial charge in [0, 0.05) is 42.6 Å². The standard InChI is InChI=1S/C28H29Cl2N7O3S/c1-36-21-9-7-16(29)13-18(21)23(19-15-31-27(40-3)35-25(19)39-2)33-24(26(36)38)34-28(41)32-17-8-10-22(20(30)14-17)37-11-5-4-6-12-37/h7-10,13-15,24H,4-6,11-12H2,1-3H3,(H2,32,34,41). The average molecular weight is 615 g/mol. The minimum atomic E-state index is -1.09. The van der Waals surface area contributed by atoms with Crippen molar-refractivity contribution in [2.75, 3.05) is 49.5 Å². The number of ether oxygens (including phenoxy) is 2. The lowest BCUT2D eigenvalue weighted by Crippen LogP contribution is -2.47. The van der Waals surface area contributed by atoms with Crippen LogP contribution in [0, 0.1) is 0 Å². The van der Waals surface area contributed by atoms with Gasteiger partial charge >= 0.3 is 6.01 Å². The van der Waals surface area contributed by atoms with Gasteiger partial charge < -0.3 is 29.9 Å². The van der Waals surface area contributed by atoms with Gasteiger partial charge in [-0.2, -0.15) is 4.98 Å². The van der Waals surface area contributed by atoms with Gasteiger partial charge in [-0.1, -0.05) is 23.2 Å². The maximum absolute atomic E-state index is 13.6. The predicted molar refractivity (Wildman–Crippen MR) is 166 cm³/mol. The Morgan fingerprint density at radius 2 is 1.78 bits per heavy atom. The number of benzene rings is 2. The van der Waals surface area contributed by atoms with E-state index in [0.29, 0.717) is 38.3 Å². The van der Waals surface area contributed by atoms with Crippen molar-refractivity contribution < 1.29 is 14.3 Å². The van der Waals surface area contributed by atoms with Crippen molar-refractivity contribution in [2.24, 2.45) is 4.99 Å². The molecule has 0 saturated carbocycles. The summed E-state index contributed by atoms with van der Waals surface area (Å²) in [6.45, 7) is 1.98. The van der Waals surface area contributed by atoms with Crippen LogP contribution in [0.3, 0.4) is 0 Å². The van der Waals surface area contributed by atoms with Gasteiger partial charge in [0.1, 0.15) is 0 Å². The van der Waals surface area contributed by atoms with Gasteiger partial charge in [0.15, 0.2) is 5.11 Å². The molecule has 2 N–H and O–H groups in total. The molecule has 2 aliphatic rings. The van der Waals surface area contributed by atoms with E-state index in [1.807, 2.05) is 18.2 Å². The van der Waals surface area contributed by atoms with Crippen molar-refractivity contribution in [1.82, 2.24) is 15.3 Å². The highest BCUT2D eigenvalue weighted by Gasteiger charge is 2.32. The lowest BCUT2D eigenvalue weighted by molar-refractivity contribution is -0.119. The number of methoxy groups -OCH3 is 2. The Morgan fingerprint density at radius 3 is 2.49 bits per heavy atom. The molecule has 2 aromatic carbocycles. The molecule has 1 fully saturated rings. The van der Waals surface area contributed by atoms with Crippen LogP contribution in [0.25, 0.3) is 0 Å². The number of aliphatic imine (C=N–C) groups is 1. The van der Waals surface area contributed by atoms with E-state index in [1.54, 1.807) is 25.2 Å². The van der Waals surface area contributed by atoms with Crippen LogP contribution in [-0.2, 0) is 4.79 Å². The third kappa shape index (κ3) is 6.17. The van der Waals surface area contributed by atoms with Crippen LogP contribution in [0.2, 0.25) is 10.0 Å². The van der Waals surface area contributed by atoms with Gasteiger partial charge in [0.2, 0.25) is 12.0 Å². The Bertz CT molecular complexity index is 1510. The van der Waals surface area contributed by atoms with Crippen molar-refractivity contribution in [1.29, 1.82) is 0 Å². The lowest BCUT2D eigenvalue weighted by Gasteiger charge is -2.29. The number of nitrogens with one attached hydrogen (secondary N) is 2. The molecule has 214 valence electrons. The number of hydrogen-bond donors (Lipinski definition) is 2. The monoisotopic (exact) mass is 613 g/mol. The number of halogens is 2. The highest BCUT2D eigenvalue weighted by molar-refractivity contribution is 7.80. The fourth-order valence-corrected chi connectivity index (χ4v) is 5.59. The zero-order chi connectivity index (χ0) is 29.1. The first kappa shape index (κ1) is 28.8. The van der Waals surface area contributed by atoms with Gasteiger partial charge in [-0.25, -0.2) is 9.98 Å². The summed E-state index contributed by atoms with van der Waals surface area (Å²) in [7, 11) is 4.61. The number of fused-ring (bicyclic) bond motifs is 1. The number of rotatable bonds is 6. The summed E-state index contributed by atoms with van der Waals surface area (Å²) >= 11 is 18.6. The van der Waals surface area contributed by atoms with Crippen LogP contribution in [0.15, 0.2) is 47.6 Å². The predicted octanol–water partition coefficient (Wildman–Crippen LogP) is 4.92. The average Bonchev–Trinajstić information content (AvgIpc) is 3.07. The largest absolute Gasteiger partial charge is 0.480 e. The maximum Gasteiger partial charge on any atom is 0.319 e. The molecule has 13 heteroatoms. The van der Waals surface area contributed by atoms with Gasteiger partial charge in [0.25, 0.3) is 5.91 Å². The SMILES string of the molecule is COc1ncc(C2=NC(NC(=S)Nc3ccc(N4CCCCC4)c(Cl)c3)C(=O)N(C)c3ccc(Cl)cc32)c(OC)n1. The van der Waals surface area contributed by atoms with Crippen molar-refractivity contribution in [3.05, 3.63) is 63.8 Å². The molecule has 1 amide bonds. The Morgan fingerprint density at radius 1 is 1.02 bits per heavy atom. The van der Waals surface area contributed by atoms with E-state index in [1.165, 1.54) is 31.7 Å². The number of thiocarbonyl (C=S) groups is 1. The number of benzodiazepines with no additional fused rings is 1. The second-order valence-corrected chi connectivity index (χ2v) is 10.8. The molecule has 1 aromatic heterocycles.